The number of nitrogens with one attached hydrogen (secondary N) is 2. The van der Waals surface area contributed by atoms with Gasteiger partial charge < -0.3 is 15.4 Å². The first kappa shape index (κ1) is 14.9. The predicted octanol–water partition coefficient (Wildman–Crippen LogP) is 2.86. The van der Waals surface area contributed by atoms with E-state index in [1.54, 1.807) is 0 Å². The van der Waals surface area contributed by atoms with Gasteiger partial charge in [0, 0.05) is 10.8 Å². The molecule has 1 aromatic carbocycles. The predicted molar refractivity (Wildman–Crippen MR) is 87.8 cm³/mol. The van der Waals surface area contributed by atoms with Crippen LogP contribution in [-0.2, 0) is 0 Å². The van der Waals surface area contributed by atoms with E-state index < -0.39 is 0 Å². The largest absolute Gasteiger partial charge is 0.394 e. The zero-order valence-electron chi connectivity index (χ0n) is 12.6. The van der Waals surface area contributed by atoms with Gasteiger partial charge >= 0.3 is 0 Å². The van der Waals surface area contributed by atoms with Crippen LogP contribution in [0.5, 0.6) is 0 Å². The van der Waals surface area contributed by atoms with Crippen molar-refractivity contribution in [2.24, 2.45) is 0 Å². The van der Waals surface area contributed by atoms with E-state index in [0.717, 1.165) is 35.5 Å². The molecule has 1 aromatic heterocycles. The fourth-order valence-corrected chi connectivity index (χ4v) is 4.49. The van der Waals surface area contributed by atoms with E-state index in [2.05, 4.69) is 40.4 Å². The van der Waals surface area contributed by atoms with Crippen molar-refractivity contribution in [3.05, 3.63) is 23.8 Å². The van der Waals surface area contributed by atoms with Gasteiger partial charge in [0.1, 0.15) is 0 Å². The number of aromatic amines is 1. The van der Waals surface area contributed by atoms with Crippen molar-refractivity contribution in [3.8, 4) is 0 Å². The summed E-state index contributed by atoms with van der Waals surface area (Å²) >= 11 is 1.81. The second-order valence-electron chi connectivity index (χ2n) is 6.09. The maximum absolute atomic E-state index is 9.68. The number of aliphatic hydroxyl groups excluding tert-OH is 1. The maximum atomic E-state index is 9.68. The van der Waals surface area contributed by atoms with Crippen molar-refractivity contribution >= 4 is 22.8 Å². The number of hydrogen-bond acceptors (Lipinski definition) is 4. The number of aliphatic hydroxyl groups is 1. The number of benzene rings is 1. The Morgan fingerprint density at radius 2 is 2.38 bits per heavy atom. The molecule has 2 aromatic rings. The number of H-pyrrole nitrogens is 1. The first-order valence-corrected chi connectivity index (χ1v) is 8.45. The van der Waals surface area contributed by atoms with E-state index in [9.17, 15) is 5.11 Å². The van der Waals surface area contributed by atoms with Gasteiger partial charge in [0.25, 0.3) is 0 Å². The molecule has 1 fully saturated rings. The van der Waals surface area contributed by atoms with Gasteiger partial charge in [-0.05, 0) is 50.9 Å². The summed E-state index contributed by atoms with van der Waals surface area (Å²) < 4.78 is 0. The van der Waals surface area contributed by atoms with Crippen molar-refractivity contribution in [3.63, 3.8) is 0 Å². The Morgan fingerprint density at radius 3 is 3.14 bits per heavy atom. The molecule has 0 amide bonds. The zero-order valence-corrected chi connectivity index (χ0v) is 13.5. The highest BCUT2D eigenvalue weighted by Gasteiger charge is 2.35. The van der Waals surface area contributed by atoms with Crippen LogP contribution in [0.25, 0.3) is 11.0 Å². The highest BCUT2D eigenvalue weighted by atomic mass is 32.2. The third kappa shape index (κ3) is 3.10. The van der Waals surface area contributed by atoms with Gasteiger partial charge in [-0.2, -0.15) is 0 Å². The van der Waals surface area contributed by atoms with Crippen molar-refractivity contribution in [1.82, 2.24) is 15.3 Å². The average molecular weight is 305 g/mol. The second-order valence-corrected chi connectivity index (χ2v) is 7.38. The number of hydrogen-bond donors (Lipinski definition) is 3. The van der Waals surface area contributed by atoms with Gasteiger partial charge in [0.05, 0.1) is 17.6 Å². The van der Waals surface area contributed by atoms with E-state index in [-0.39, 0.29) is 12.1 Å². The molecule has 114 valence electrons. The van der Waals surface area contributed by atoms with E-state index >= 15 is 0 Å². The summed E-state index contributed by atoms with van der Waals surface area (Å²) in [4.78, 5) is 8.09. The minimum absolute atomic E-state index is 0.113. The Balaban J connectivity index is 1.75. The summed E-state index contributed by atoms with van der Waals surface area (Å²) in [5.41, 5.74) is 3.27. The van der Waals surface area contributed by atoms with Crippen LogP contribution in [0.4, 0.5) is 0 Å². The number of likely N-dealkylation sites (N-methyl/N-ethyl adjacent to an activating group) is 1. The lowest BCUT2D eigenvalue weighted by atomic mass is 9.82. The van der Waals surface area contributed by atoms with Crippen LogP contribution in [0, 0.1) is 6.92 Å². The molecule has 0 radical (unpaired) electrons. The monoisotopic (exact) mass is 305 g/mol. The van der Waals surface area contributed by atoms with Crippen LogP contribution >= 0.6 is 11.8 Å². The molecule has 0 saturated heterocycles. The van der Waals surface area contributed by atoms with Crippen molar-refractivity contribution in [2.45, 2.75) is 48.6 Å². The highest BCUT2D eigenvalue weighted by Crippen LogP contribution is 2.37. The summed E-state index contributed by atoms with van der Waals surface area (Å²) in [7, 11) is 1.95. The molecule has 1 aliphatic carbocycles. The number of thioether (sulfide) groups is 1. The molecule has 2 atom stereocenters. The molecule has 5 heteroatoms. The molecular formula is C16H23N3OS. The Morgan fingerprint density at radius 1 is 1.52 bits per heavy atom. The summed E-state index contributed by atoms with van der Waals surface area (Å²) in [6.45, 7) is 2.30. The van der Waals surface area contributed by atoms with Gasteiger partial charge in [0.15, 0.2) is 5.16 Å². The number of nitrogens with zero attached hydrogens (tertiary/aromatic N) is 1. The molecule has 4 nitrogen and oxygen atoms in total. The fourth-order valence-electron chi connectivity index (χ4n) is 3.17. The molecule has 21 heavy (non-hydrogen) atoms. The van der Waals surface area contributed by atoms with Crippen molar-refractivity contribution < 1.29 is 5.11 Å². The third-order valence-corrected chi connectivity index (χ3v) is 5.68. The Bertz CT molecular complexity index is 621. The first-order chi connectivity index (χ1) is 10.1. The maximum Gasteiger partial charge on any atom is 0.166 e. The Labute approximate surface area is 129 Å². The summed E-state index contributed by atoms with van der Waals surface area (Å²) in [5, 5.41) is 14.5. The van der Waals surface area contributed by atoms with Crippen LogP contribution in [0.15, 0.2) is 23.4 Å². The van der Waals surface area contributed by atoms with Gasteiger partial charge in [-0.1, -0.05) is 24.2 Å². The van der Waals surface area contributed by atoms with Crippen LogP contribution in [-0.4, -0.2) is 39.5 Å². The molecular weight excluding hydrogens is 282 g/mol. The van der Waals surface area contributed by atoms with E-state index in [1.165, 1.54) is 12.0 Å². The van der Waals surface area contributed by atoms with E-state index in [4.69, 9.17) is 0 Å². The van der Waals surface area contributed by atoms with E-state index in [1.807, 2.05) is 18.8 Å². The molecule has 1 heterocycles. The molecule has 3 N–H and O–H groups in total. The van der Waals surface area contributed by atoms with Crippen molar-refractivity contribution in [2.75, 3.05) is 13.7 Å². The molecule has 3 rings (SSSR count). The van der Waals surface area contributed by atoms with Crippen LogP contribution in [0.2, 0.25) is 0 Å². The smallest absolute Gasteiger partial charge is 0.166 e. The number of rotatable bonds is 4. The zero-order chi connectivity index (χ0) is 14.9. The normalized spacial score (nSPS) is 26.3. The average Bonchev–Trinajstić information content (AvgIpc) is 2.88. The van der Waals surface area contributed by atoms with Crippen LogP contribution < -0.4 is 5.32 Å². The van der Waals surface area contributed by atoms with E-state index in [0.29, 0.717) is 5.25 Å². The van der Waals surface area contributed by atoms with Gasteiger partial charge in [-0.3, -0.25) is 0 Å². The lowest BCUT2D eigenvalue weighted by molar-refractivity contribution is 0.131. The third-order valence-electron chi connectivity index (χ3n) is 4.53. The first-order valence-electron chi connectivity index (χ1n) is 7.57. The lowest BCUT2D eigenvalue weighted by Gasteiger charge is -2.39. The molecule has 2 unspecified atom stereocenters. The minimum Gasteiger partial charge on any atom is -0.394 e. The number of aryl methyl sites for hydroxylation is 1. The Kier molecular flexibility index (Phi) is 4.24. The Hall–Kier alpha value is -1.04. The molecule has 1 saturated carbocycles. The highest BCUT2D eigenvalue weighted by molar-refractivity contribution is 7.99. The quantitative estimate of drug-likeness (QED) is 0.813. The lowest BCUT2D eigenvalue weighted by Crippen LogP contribution is -2.50. The second kappa shape index (κ2) is 5.99. The SMILES string of the molecule is CNC1(CO)CCCC(Sc2nc3ccc(C)cc3[nH]2)C1. The standard InChI is InChI=1S/C16H23N3OS/c1-11-5-6-13-14(8-11)19-15(18-13)21-12-4-3-7-16(9-12,10-20)17-2/h5-6,8,12,17,20H,3-4,7,9-10H2,1-2H3,(H,18,19). The van der Waals surface area contributed by atoms with Crippen LogP contribution in [0.1, 0.15) is 31.2 Å². The summed E-state index contributed by atoms with van der Waals surface area (Å²) in [6.07, 6.45) is 4.37. The van der Waals surface area contributed by atoms with Crippen LogP contribution in [0.3, 0.4) is 0 Å². The van der Waals surface area contributed by atoms with Gasteiger partial charge in [-0.15, -0.1) is 0 Å². The molecule has 0 bridgehead atoms. The number of fused-ring (bicyclic) bond motifs is 1. The minimum atomic E-state index is -0.113. The summed E-state index contributed by atoms with van der Waals surface area (Å²) in [5.74, 6) is 0. The molecule has 0 spiro atoms. The fraction of sp³-hybridized carbons (Fsp3) is 0.562. The molecule has 1 aliphatic rings. The number of imidazole rings is 1. The van der Waals surface area contributed by atoms with Crippen molar-refractivity contribution in [1.29, 1.82) is 0 Å². The van der Waals surface area contributed by atoms with Gasteiger partial charge in [-0.25, -0.2) is 4.98 Å². The van der Waals surface area contributed by atoms with Gasteiger partial charge in [0.2, 0.25) is 0 Å². The summed E-state index contributed by atoms with van der Waals surface area (Å²) in [6, 6.07) is 6.30. The molecule has 0 aliphatic heterocycles. The number of aromatic nitrogens is 2. The topological polar surface area (TPSA) is 60.9 Å².